The third-order valence-corrected chi connectivity index (χ3v) is 7.45. The zero-order chi connectivity index (χ0) is 27.3. The lowest BCUT2D eigenvalue weighted by Crippen LogP contribution is -2.62. The fraction of sp³-hybridized carbons (Fsp3) is 0.481. The minimum absolute atomic E-state index is 0.126. The van der Waals surface area contributed by atoms with E-state index in [2.05, 4.69) is 9.97 Å². The van der Waals surface area contributed by atoms with E-state index in [1.807, 2.05) is 0 Å². The number of likely N-dealkylation sites (tertiary alicyclic amines) is 2. The maximum absolute atomic E-state index is 13.7. The third kappa shape index (κ3) is 5.42. The van der Waals surface area contributed by atoms with Crippen LogP contribution in [0, 0.1) is 0 Å². The van der Waals surface area contributed by atoms with Crippen molar-refractivity contribution in [2.75, 3.05) is 26.7 Å². The Kier molecular flexibility index (Phi) is 6.66. The molecule has 3 aromatic rings. The zero-order valence-electron chi connectivity index (χ0n) is 21.2. The monoisotopic (exact) mass is 560 g/mol. The van der Waals surface area contributed by atoms with Crippen LogP contribution in [-0.4, -0.2) is 82.5 Å². The Bertz CT molecular complexity index is 1420. The Morgan fingerprint density at radius 1 is 1.18 bits per heavy atom. The third-order valence-electron chi connectivity index (χ3n) is 7.21. The van der Waals surface area contributed by atoms with E-state index in [4.69, 9.17) is 25.5 Å². The molecule has 3 aliphatic rings. The van der Waals surface area contributed by atoms with Crippen molar-refractivity contribution in [2.45, 2.75) is 56.3 Å². The summed E-state index contributed by atoms with van der Waals surface area (Å²) in [7, 11) is 1.47. The van der Waals surface area contributed by atoms with Gasteiger partial charge in [0.05, 0.1) is 32.4 Å². The van der Waals surface area contributed by atoms with Gasteiger partial charge in [-0.1, -0.05) is 11.6 Å². The van der Waals surface area contributed by atoms with Gasteiger partial charge in [0.2, 0.25) is 5.91 Å². The van der Waals surface area contributed by atoms with Gasteiger partial charge in [-0.3, -0.25) is 14.6 Å². The second-order valence-corrected chi connectivity index (χ2v) is 10.8. The molecule has 3 fully saturated rings. The van der Waals surface area contributed by atoms with Crippen molar-refractivity contribution in [1.29, 1.82) is 0 Å². The molecule has 39 heavy (non-hydrogen) atoms. The van der Waals surface area contributed by atoms with Gasteiger partial charge in [-0.15, -0.1) is 0 Å². The molecule has 206 valence electrons. The summed E-state index contributed by atoms with van der Waals surface area (Å²) in [6.07, 6.45) is 4.59. The number of ether oxygens (including phenoxy) is 2. The largest absolute Gasteiger partial charge is 0.493 e. The van der Waals surface area contributed by atoms with Crippen LogP contribution in [-0.2, 0) is 22.4 Å². The number of methoxy groups -OCH3 is 1. The number of fused-ring (bicyclic) bond motifs is 1. The summed E-state index contributed by atoms with van der Waals surface area (Å²) in [6.45, 7) is -1.07. The van der Waals surface area contributed by atoms with Crippen LogP contribution < -0.4 is 4.74 Å². The number of hydrogen-bond acceptors (Lipinski definition) is 7. The van der Waals surface area contributed by atoms with Crippen LogP contribution in [0.3, 0.4) is 0 Å². The number of aryl methyl sites for hydroxylation is 2. The zero-order valence-corrected chi connectivity index (χ0v) is 22.0. The molecule has 2 saturated heterocycles. The van der Waals surface area contributed by atoms with Crippen LogP contribution in [0.15, 0.2) is 34.9 Å². The van der Waals surface area contributed by atoms with Crippen LogP contribution in [0.2, 0.25) is 5.02 Å². The predicted octanol–water partition coefficient (Wildman–Crippen LogP) is 3.91. The lowest BCUT2D eigenvalue weighted by Gasteiger charge is -2.41. The first-order chi connectivity index (χ1) is 18.7. The van der Waals surface area contributed by atoms with E-state index in [0.29, 0.717) is 40.6 Å². The van der Waals surface area contributed by atoms with Crippen LogP contribution in [0.5, 0.6) is 5.75 Å². The summed E-state index contributed by atoms with van der Waals surface area (Å²) in [5.41, 5.74) is 1.88. The highest BCUT2D eigenvalue weighted by molar-refractivity contribution is 6.30. The van der Waals surface area contributed by atoms with E-state index in [1.54, 1.807) is 30.5 Å². The first-order valence-corrected chi connectivity index (χ1v) is 13.3. The number of rotatable bonds is 8. The van der Waals surface area contributed by atoms with Gasteiger partial charge in [-0.25, -0.2) is 13.8 Å². The summed E-state index contributed by atoms with van der Waals surface area (Å²) >= 11 is 6.04. The van der Waals surface area contributed by atoms with E-state index in [0.717, 1.165) is 23.4 Å². The Balaban J connectivity index is 1.24. The number of amides is 2. The maximum atomic E-state index is 13.7. The number of carbonyl (C=O) groups is 2. The molecular weight excluding hydrogens is 534 g/mol. The molecule has 1 saturated carbocycles. The lowest BCUT2D eigenvalue weighted by molar-refractivity contribution is -0.169. The Morgan fingerprint density at radius 3 is 2.67 bits per heavy atom. The summed E-state index contributed by atoms with van der Waals surface area (Å²) in [5.74, 6) is -3.02. The summed E-state index contributed by atoms with van der Waals surface area (Å²) < 4.78 is 44.4. The summed E-state index contributed by atoms with van der Waals surface area (Å²) in [5, 5.41) is 0.591. The Morgan fingerprint density at radius 2 is 1.97 bits per heavy atom. The van der Waals surface area contributed by atoms with Gasteiger partial charge >= 0.3 is 0 Å². The first kappa shape index (κ1) is 25.9. The average Bonchev–Trinajstić information content (AvgIpc) is 3.45. The number of carbonyl (C=O) groups excluding carboxylic acids is 2. The minimum atomic E-state index is -2.89. The Labute approximate surface area is 228 Å². The van der Waals surface area contributed by atoms with Gasteiger partial charge in [0.15, 0.2) is 17.2 Å². The number of halogens is 3. The molecule has 0 N–H and O–H groups in total. The summed E-state index contributed by atoms with van der Waals surface area (Å²) in [4.78, 5) is 38.3. The summed E-state index contributed by atoms with van der Waals surface area (Å²) in [6, 6.07) is 5.74. The second-order valence-electron chi connectivity index (χ2n) is 10.3. The first-order valence-electron chi connectivity index (χ1n) is 12.9. The van der Waals surface area contributed by atoms with Crippen molar-refractivity contribution in [3.8, 4) is 5.75 Å². The molecule has 1 aliphatic carbocycles. The fourth-order valence-corrected chi connectivity index (χ4v) is 5.31. The van der Waals surface area contributed by atoms with Crippen molar-refractivity contribution in [2.24, 2.45) is 0 Å². The van der Waals surface area contributed by atoms with Crippen LogP contribution >= 0.6 is 11.6 Å². The standard InChI is InChI=1S/C27H27ClF2N4O5/c1-37-22-9-15(8-20-24(22)39-23(32-20)5-2-17-10-16(28)6-7-31-17)25(35)34-12-19(38-18-3-4-18)11-21(34)26(36)33-13-27(29,30)14-33/h6-10,18-19,21H,2-5,11-14H2,1H3/t19-,21+/m1/s1. The minimum Gasteiger partial charge on any atom is -0.493 e. The Hall–Kier alpha value is -3.31. The molecule has 0 spiro atoms. The topological polar surface area (TPSA) is 98.0 Å². The molecule has 2 aliphatic heterocycles. The van der Waals surface area contributed by atoms with Crippen molar-refractivity contribution in [3.05, 3.63) is 52.6 Å². The molecule has 0 unspecified atom stereocenters. The van der Waals surface area contributed by atoms with Crippen molar-refractivity contribution in [1.82, 2.24) is 19.8 Å². The molecule has 2 amide bonds. The maximum Gasteiger partial charge on any atom is 0.282 e. The highest BCUT2D eigenvalue weighted by Gasteiger charge is 2.51. The molecule has 9 nitrogen and oxygen atoms in total. The predicted molar refractivity (Wildman–Crippen MR) is 136 cm³/mol. The van der Waals surface area contributed by atoms with Crippen molar-refractivity contribution < 1.29 is 32.3 Å². The number of oxazole rings is 1. The molecule has 0 bridgehead atoms. The number of aromatic nitrogens is 2. The number of nitrogens with zero attached hydrogens (tertiary/aromatic N) is 4. The van der Waals surface area contributed by atoms with E-state index in [1.165, 1.54) is 12.0 Å². The van der Waals surface area contributed by atoms with Gasteiger partial charge in [0, 0.05) is 41.9 Å². The highest BCUT2D eigenvalue weighted by atomic mass is 35.5. The number of pyridine rings is 1. The average molecular weight is 561 g/mol. The van der Waals surface area contributed by atoms with Gasteiger partial charge < -0.3 is 23.7 Å². The fourth-order valence-electron chi connectivity index (χ4n) is 5.13. The van der Waals surface area contributed by atoms with Gasteiger partial charge in [-0.05, 0) is 43.5 Å². The van der Waals surface area contributed by atoms with Crippen LogP contribution in [0.25, 0.3) is 11.1 Å². The normalized spacial score (nSPS) is 22.3. The van der Waals surface area contributed by atoms with Crippen LogP contribution in [0.1, 0.15) is 41.2 Å². The SMILES string of the molecule is COc1cc(C(=O)N2C[C@H](OC3CC3)C[C@H]2C(=O)N2CC(F)(F)C2)cc2nc(CCc3cc(Cl)ccn3)oc12. The molecule has 2 aromatic heterocycles. The highest BCUT2D eigenvalue weighted by Crippen LogP contribution is 2.35. The van der Waals surface area contributed by atoms with E-state index in [9.17, 15) is 18.4 Å². The van der Waals surface area contributed by atoms with E-state index >= 15 is 0 Å². The number of hydrogen-bond donors (Lipinski definition) is 0. The van der Waals surface area contributed by atoms with Crippen LogP contribution in [0.4, 0.5) is 8.78 Å². The molecule has 12 heteroatoms. The molecule has 6 rings (SSSR count). The molecular formula is C27H27ClF2N4O5. The van der Waals surface area contributed by atoms with Crippen molar-refractivity contribution in [3.63, 3.8) is 0 Å². The molecule has 4 heterocycles. The quantitative estimate of drug-likeness (QED) is 0.412. The molecule has 2 atom stereocenters. The van der Waals surface area contributed by atoms with Crippen molar-refractivity contribution >= 4 is 34.5 Å². The molecule has 0 radical (unpaired) electrons. The lowest BCUT2D eigenvalue weighted by atomic mass is 10.1. The number of benzene rings is 1. The van der Waals surface area contributed by atoms with Gasteiger partial charge in [0.1, 0.15) is 11.6 Å². The smallest absolute Gasteiger partial charge is 0.282 e. The number of alkyl halides is 2. The molecule has 1 aromatic carbocycles. The van der Waals surface area contributed by atoms with E-state index < -0.39 is 36.9 Å². The van der Waals surface area contributed by atoms with Gasteiger partial charge in [0.25, 0.3) is 11.8 Å². The van der Waals surface area contributed by atoms with E-state index in [-0.39, 0.29) is 30.7 Å². The van der Waals surface area contributed by atoms with Gasteiger partial charge in [-0.2, -0.15) is 0 Å². The second kappa shape index (κ2) is 10.0.